The zero-order valence-corrected chi connectivity index (χ0v) is 10.1. The molecular formula is C12H26N2O. The molecule has 0 bridgehead atoms. The highest BCUT2D eigenvalue weighted by Crippen LogP contribution is 2.34. The van der Waals surface area contributed by atoms with E-state index in [4.69, 9.17) is 4.74 Å². The summed E-state index contributed by atoms with van der Waals surface area (Å²) < 4.78 is 5.23. The van der Waals surface area contributed by atoms with E-state index in [1.807, 2.05) is 7.11 Å². The molecule has 0 radical (unpaired) electrons. The van der Waals surface area contributed by atoms with Crippen molar-refractivity contribution in [1.82, 2.24) is 11.5 Å². The average molecular weight is 214 g/mol. The van der Waals surface area contributed by atoms with Gasteiger partial charge in [0.1, 0.15) is 0 Å². The molecule has 0 aromatic rings. The van der Waals surface area contributed by atoms with Gasteiger partial charge in [-0.3, -0.25) is 0 Å². The fourth-order valence-electron chi connectivity index (χ4n) is 2.65. The lowest BCUT2D eigenvalue weighted by atomic mass is 9.79. The van der Waals surface area contributed by atoms with Crippen molar-refractivity contribution in [3.8, 4) is 0 Å². The van der Waals surface area contributed by atoms with Gasteiger partial charge in [-0.05, 0) is 32.1 Å². The first kappa shape index (κ1) is 12.9. The second kappa shape index (κ2) is 5.83. The van der Waals surface area contributed by atoms with Crippen molar-refractivity contribution in [3.05, 3.63) is 0 Å². The summed E-state index contributed by atoms with van der Waals surface area (Å²) in [5.41, 5.74) is 0.440. The molecule has 0 atom stereocenters. The van der Waals surface area contributed by atoms with E-state index in [0.29, 0.717) is 5.54 Å². The van der Waals surface area contributed by atoms with Crippen molar-refractivity contribution >= 4 is 0 Å². The van der Waals surface area contributed by atoms with Crippen LogP contribution in [-0.4, -0.2) is 25.3 Å². The van der Waals surface area contributed by atoms with E-state index in [0.717, 1.165) is 12.6 Å². The lowest BCUT2D eigenvalue weighted by molar-refractivity contribution is 0.129. The molecule has 4 N–H and O–H groups in total. The topological polar surface area (TPSA) is 56.3 Å². The first-order valence-corrected chi connectivity index (χ1v) is 6.11. The highest BCUT2D eigenvalue weighted by molar-refractivity contribution is 4.96. The van der Waals surface area contributed by atoms with Crippen molar-refractivity contribution < 1.29 is 4.74 Å². The van der Waals surface area contributed by atoms with Crippen LogP contribution in [0.5, 0.6) is 0 Å². The summed E-state index contributed by atoms with van der Waals surface area (Å²) >= 11 is 0. The Morgan fingerprint density at radius 3 is 2.40 bits per heavy atom. The van der Waals surface area contributed by atoms with Gasteiger partial charge < -0.3 is 16.2 Å². The van der Waals surface area contributed by atoms with E-state index < -0.39 is 0 Å². The Balaban J connectivity index is 0.00000112. The first-order chi connectivity index (χ1) is 6.85. The van der Waals surface area contributed by atoms with Gasteiger partial charge in [0.15, 0.2) is 0 Å². The smallest absolute Gasteiger partial charge is 0.0479 e. The third kappa shape index (κ3) is 3.74. The first-order valence-electron chi connectivity index (χ1n) is 6.11. The molecule has 2 rings (SSSR count). The maximum atomic E-state index is 5.23. The molecule has 15 heavy (non-hydrogen) atoms. The number of methoxy groups -OCH3 is 1. The second-order valence-electron chi connectivity index (χ2n) is 5.00. The molecule has 2 aliphatic carbocycles. The molecule has 0 aliphatic heterocycles. The predicted molar refractivity (Wildman–Crippen MR) is 63.5 cm³/mol. The van der Waals surface area contributed by atoms with Gasteiger partial charge in [-0.1, -0.05) is 19.3 Å². The highest BCUT2D eigenvalue weighted by Gasteiger charge is 2.36. The number of hydrogen-bond donors (Lipinski definition) is 2. The van der Waals surface area contributed by atoms with E-state index in [1.165, 1.54) is 51.4 Å². The summed E-state index contributed by atoms with van der Waals surface area (Å²) in [5.74, 6) is 0. The van der Waals surface area contributed by atoms with Gasteiger partial charge >= 0.3 is 0 Å². The van der Waals surface area contributed by atoms with Crippen LogP contribution in [0, 0.1) is 0 Å². The van der Waals surface area contributed by atoms with Gasteiger partial charge in [0.25, 0.3) is 0 Å². The van der Waals surface area contributed by atoms with Crippen molar-refractivity contribution in [2.24, 2.45) is 0 Å². The van der Waals surface area contributed by atoms with Crippen molar-refractivity contribution in [1.29, 1.82) is 0 Å². The summed E-state index contributed by atoms with van der Waals surface area (Å²) in [5, 5.41) is 3.86. The van der Waals surface area contributed by atoms with Crippen LogP contribution in [0.1, 0.15) is 51.4 Å². The highest BCUT2D eigenvalue weighted by atomic mass is 16.5. The number of rotatable bonds is 5. The molecule has 90 valence electrons. The zero-order valence-electron chi connectivity index (χ0n) is 10.1. The quantitative estimate of drug-likeness (QED) is 0.739. The minimum Gasteiger partial charge on any atom is -0.385 e. The Kier molecular flexibility index (Phi) is 5.03. The SMILES string of the molecule is COCCC1(NC2CC2)CCCCC1.N. The van der Waals surface area contributed by atoms with Gasteiger partial charge in [0.2, 0.25) is 0 Å². The van der Waals surface area contributed by atoms with Crippen LogP contribution in [0.3, 0.4) is 0 Å². The van der Waals surface area contributed by atoms with Gasteiger partial charge in [0, 0.05) is 25.3 Å². The molecule has 3 heteroatoms. The molecule has 0 unspecified atom stereocenters. The zero-order chi connectivity index (χ0) is 9.86. The molecule has 2 fully saturated rings. The van der Waals surface area contributed by atoms with Crippen LogP contribution in [0.4, 0.5) is 0 Å². The van der Waals surface area contributed by atoms with E-state index in [-0.39, 0.29) is 6.15 Å². The van der Waals surface area contributed by atoms with Crippen molar-refractivity contribution in [3.63, 3.8) is 0 Å². The van der Waals surface area contributed by atoms with E-state index >= 15 is 0 Å². The molecule has 0 heterocycles. The van der Waals surface area contributed by atoms with Crippen molar-refractivity contribution in [2.45, 2.75) is 62.9 Å². The maximum Gasteiger partial charge on any atom is 0.0479 e. The monoisotopic (exact) mass is 214 g/mol. The van der Waals surface area contributed by atoms with E-state index in [2.05, 4.69) is 5.32 Å². The minimum atomic E-state index is 0. The van der Waals surface area contributed by atoms with Crippen LogP contribution in [-0.2, 0) is 4.74 Å². The molecule has 0 aromatic carbocycles. The number of nitrogens with one attached hydrogen (secondary N) is 1. The molecule has 2 aliphatic rings. The molecule has 0 spiro atoms. The fraction of sp³-hybridized carbons (Fsp3) is 1.00. The van der Waals surface area contributed by atoms with Gasteiger partial charge in [-0.2, -0.15) is 0 Å². The molecule has 0 aromatic heterocycles. The Bertz CT molecular complexity index is 174. The van der Waals surface area contributed by atoms with Crippen LogP contribution in [0.25, 0.3) is 0 Å². The summed E-state index contributed by atoms with van der Waals surface area (Å²) in [7, 11) is 1.81. The molecule has 0 saturated heterocycles. The second-order valence-corrected chi connectivity index (χ2v) is 5.00. The fourth-order valence-corrected chi connectivity index (χ4v) is 2.65. The molecular weight excluding hydrogens is 188 g/mol. The van der Waals surface area contributed by atoms with Gasteiger partial charge in [-0.25, -0.2) is 0 Å². The van der Waals surface area contributed by atoms with Crippen LogP contribution < -0.4 is 11.5 Å². The molecule has 0 amide bonds. The third-order valence-corrected chi connectivity index (χ3v) is 3.68. The lowest BCUT2D eigenvalue weighted by Gasteiger charge is -2.38. The Morgan fingerprint density at radius 2 is 1.87 bits per heavy atom. The number of ether oxygens (including phenoxy) is 1. The largest absolute Gasteiger partial charge is 0.385 e. The van der Waals surface area contributed by atoms with Crippen LogP contribution in [0.15, 0.2) is 0 Å². The Labute approximate surface area is 93.5 Å². The predicted octanol–water partition coefficient (Wildman–Crippen LogP) is 2.64. The summed E-state index contributed by atoms with van der Waals surface area (Å²) in [4.78, 5) is 0. The normalized spacial score (nSPS) is 24.6. The van der Waals surface area contributed by atoms with E-state index in [9.17, 15) is 0 Å². The maximum absolute atomic E-state index is 5.23. The van der Waals surface area contributed by atoms with E-state index in [1.54, 1.807) is 0 Å². The van der Waals surface area contributed by atoms with Gasteiger partial charge in [-0.15, -0.1) is 0 Å². The number of hydrogen-bond acceptors (Lipinski definition) is 3. The van der Waals surface area contributed by atoms with Gasteiger partial charge in [0.05, 0.1) is 0 Å². The van der Waals surface area contributed by atoms with Crippen LogP contribution >= 0.6 is 0 Å². The van der Waals surface area contributed by atoms with Crippen molar-refractivity contribution in [2.75, 3.05) is 13.7 Å². The molecule has 3 nitrogen and oxygen atoms in total. The summed E-state index contributed by atoms with van der Waals surface area (Å²) in [6.45, 7) is 0.916. The Morgan fingerprint density at radius 1 is 1.20 bits per heavy atom. The standard InChI is InChI=1S/C12H23NO.H3N/c1-14-10-9-12(13-11-5-6-11)7-3-2-4-8-12;/h11,13H,2-10H2,1H3;1H3. The average Bonchev–Trinajstić information content (AvgIpc) is 3.00. The molecule has 2 saturated carbocycles. The Hall–Kier alpha value is -0.120. The lowest BCUT2D eigenvalue weighted by Crippen LogP contribution is -2.48. The summed E-state index contributed by atoms with van der Waals surface area (Å²) in [6, 6.07) is 0.838. The van der Waals surface area contributed by atoms with Crippen LogP contribution in [0.2, 0.25) is 0 Å². The minimum absolute atomic E-state index is 0. The third-order valence-electron chi connectivity index (χ3n) is 3.68. The summed E-state index contributed by atoms with van der Waals surface area (Å²) in [6.07, 6.45) is 11.0.